The molecular formula is C12H16IN. The number of rotatable bonds is 0. The Morgan fingerprint density at radius 2 is 1.71 bits per heavy atom. The highest BCUT2D eigenvalue weighted by atomic mass is 127. The zero-order valence-corrected chi connectivity index (χ0v) is 11.4. The lowest BCUT2D eigenvalue weighted by Gasteiger charge is -1.98. The van der Waals surface area contributed by atoms with Crippen molar-refractivity contribution >= 4 is 34.9 Å². The zero-order chi connectivity index (χ0) is 9.59. The van der Waals surface area contributed by atoms with Crippen LogP contribution in [0.4, 0.5) is 0 Å². The topological polar surface area (TPSA) is 4.93 Å². The molecule has 0 bridgehead atoms. The Hall–Kier alpha value is -0.510. The predicted octanol–water partition coefficient (Wildman–Crippen LogP) is 3.72. The van der Waals surface area contributed by atoms with Crippen LogP contribution in [0.5, 0.6) is 0 Å². The van der Waals surface area contributed by atoms with Gasteiger partial charge in [0.1, 0.15) is 0 Å². The number of aromatic nitrogens is 1. The Bertz CT molecular complexity index is 469. The second-order valence-electron chi connectivity index (χ2n) is 3.74. The van der Waals surface area contributed by atoms with E-state index in [-0.39, 0.29) is 24.0 Å². The van der Waals surface area contributed by atoms with Crippen molar-refractivity contribution < 1.29 is 0 Å². The average Bonchev–Trinajstić information content (AvgIpc) is 2.33. The van der Waals surface area contributed by atoms with E-state index in [9.17, 15) is 0 Å². The molecule has 0 aliphatic carbocycles. The molecule has 0 N–H and O–H groups in total. The Kier molecular flexibility index (Phi) is 3.24. The summed E-state index contributed by atoms with van der Waals surface area (Å²) in [5.74, 6) is 0. The molecule has 14 heavy (non-hydrogen) atoms. The average molecular weight is 301 g/mol. The van der Waals surface area contributed by atoms with Crippen molar-refractivity contribution in [1.82, 2.24) is 4.57 Å². The van der Waals surface area contributed by atoms with Crippen LogP contribution in [0.3, 0.4) is 0 Å². The normalized spacial score (nSPS) is 10.3. The second-order valence-corrected chi connectivity index (χ2v) is 3.74. The SMILES string of the molecule is Cc1cccc2c1c(C)c(C)n2C.I. The van der Waals surface area contributed by atoms with E-state index in [0.29, 0.717) is 0 Å². The summed E-state index contributed by atoms with van der Waals surface area (Å²) in [6.45, 7) is 6.55. The summed E-state index contributed by atoms with van der Waals surface area (Å²) in [5, 5.41) is 1.42. The minimum absolute atomic E-state index is 0. The number of aryl methyl sites for hydroxylation is 3. The van der Waals surface area contributed by atoms with Crippen LogP contribution < -0.4 is 0 Å². The van der Waals surface area contributed by atoms with E-state index in [1.165, 1.54) is 27.7 Å². The predicted molar refractivity (Wildman–Crippen MR) is 72.5 cm³/mol. The largest absolute Gasteiger partial charge is 0.348 e. The molecular weight excluding hydrogens is 285 g/mol. The standard InChI is InChI=1S/C12H15N.HI/c1-8-6-5-7-11-12(8)9(2)10(3)13(11)4;/h5-7H,1-4H3;1H. The van der Waals surface area contributed by atoms with Crippen molar-refractivity contribution in [3.05, 3.63) is 35.0 Å². The maximum absolute atomic E-state index is 2.26. The molecule has 1 nitrogen and oxygen atoms in total. The molecule has 0 fully saturated rings. The van der Waals surface area contributed by atoms with E-state index < -0.39 is 0 Å². The number of hydrogen-bond acceptors (Lipinski definition) is 0. The Morgan fingerprint density at radius 3 is 2.29 bits per heavy atom. The summed E-state index contributed by atoms with van der Waals surface area (Å²) in [7, 11) is 2.13. The van der Waals surface area contributed by atoms with Crippen molar-refractivity contribution in [2.45, 2.75) is 20.8 Å². The van der Waals surface area contributed by atoms with Crippen LogP contribution in [-0.4, -0.2) is 4.57 Å². The van der Waals surface area contributed by atoms with Crippen molar-refractivity contribution in [3.63, 3.8) is 0 Å². The molecule has 0 atom stereocenters. The molecule has 1 heterocycles. The van der Waals surface area contributed by atoms with Crippen molar-refractivity contribution in [2.24, 2.45) is 7.05 Å². The molecule has 0 aliphatic heterocycles. The van der Waals surface area contributed by atoms with E-state index >= 15 is 0 Å². The minimum atomic E-state index is 0. The highest BCUT2D eigenvalue weighted by Gasteiger charge is 2.08. The lowest BCUT2D eigenvalue weighted by atomic mass is 10.1. The van der Waals surface area contributed by atoms with Crippen molar-refractivity contribution in [1.29, 1.82) is 0 Å². The molecule has 0 radical (unpaired) electrons. The Balaban J connectivity index is 0.000000980. The van der Waals surface area contributed by atoms with Gasteiger partial charge in [-0.25, -0.2) is 0 Å². The van der Waals surface area contributed by atoms with Gasteiger partial charge in [-0.3, -0.25) is 0 Å². The first-order valence-electron chi connectivity index (χ1n) is 4.64. The Labute approximate surface area is 102 Å². The number of hydrogen-bond donors (Lipinski definition) is 0. The molecule has 2 rings (SSSR count). The fourth-order valence-corrected chi connectivity index (χ4v) is 2.03. The van der Waals surface area contributed by atoms with Crippen LogP contribution in [0.1, 0.15) is 16.8 Å². The smallest absolute Gasteiger partial charge is 0.0485 e. The van der Waals surface area contributed by atoms with Crippen molar-refractivity contribution in [2.75, 3.05) is 0 Å². The molecule has 0 saturated carbocycles. The number of fused-ring (bicyclic) bond motifs is 1. The molecule has 0 unspecified atom stereocenters. The quantitative estimate of drug-likeness (QED) is 0.654. The molecule has 0 aliphatic rings. The number of benzene rings is 1. The molecule has 76 valence electrons. The monoisotopic (exact) mass is 301 g/mol. The highest BCUT2D eigenvalue weighted by Crippen LogP contribution is 2.26. The van der Waals surface area contributed by atoms with E-state index in [0.717, 1.165) is 0 Å². The number of halogens is 1. The van der Waals surface area contributed by atoms with Gasteiger partial charge in [0.15, 0.2) is 0 Å². The van der Waals surface area contributed by atoms with Crippen molar-refractivity contribution in [3.8, 4) is 0 Å². The molecule has 0 amide bonds. The first-order chi connectivity index (χ1) is 6.13. The van der Waals surface area contributed by atoms with Crippen LogP contribution in [0, 0.1) is 20.8 Å². The minimum Gasteiger partial charge on any atom is -0.348 e. The Morgan fingerprint density at radius 1 is 1.07 bits per heavy atom. The van der Waals surface area contributed by atoms with Gasteiger partial charge in [-0.15, -0.1) is 24.0 Å². The van der Waals surface area contributed by atoms with Crippen LogP contribution >= 0.6 is 24.0 Å². The molecule has 2 aromatic rings. The summed E-state index contributed by atoms with van der Waals surface area (Å²) in [5.41, 5.74) is 5.49. The summed E-state index contributed by atoms with van der Waals surface area (Å²) in [6.07, 6.45) is 0. The first kappa shape index (κ1) is 11.6. The van der Waals surface area contributed by atoms with Crippen LogP contribution in [0.2, 0.25) is 0 Å². The molecule has 1 aromatic heterocycles. The summed E-state index contributed by atoms with van der Waals surface area (Å²) < 4.78 is 2.26. The lowest BCUT2D eigenvalue weighted by molar-refractivity contribution is 0.910. The van der Waals surface area contributed by atoms with E-state index in [4.69, 9.17) is 0 Å². The maximum atomic E-state index is 2.26. The van der Waals surface area contributed by atoms with Gasteiger partial charge in [-0.1, -0.05) is 12.1 Å². The van der Waals surface area contributed by atoms with Gasteiger partial charge in [-0.2, -0.15) is 0 Å². The molecule has 1 aromatic carbocycles. The van der Waals surface area contributed by atoms with E-state index in [1.54, 1.807) is 0 Å². The fraction of sp³-hybridized carbons (Fsp3) is 0.333. The van der Waals surface area contributed by atoms with E-state index in [1.807, 2.05) is 0 Å². The third-order valence-corrected chi connectivity index (χ3v) is 3.03. The fourth-order valence-electron chi connectivity index (χ4n) is 2.03. The van der Waals surface area contributed by atoms with Gasteiger partial charge in [0.05, 0.1) is 0 Å². The second kappa shape index (κ2) is 3.93. The third-order valence-electron chi connectivity index (χ3n) is 3.03. The van der Waals surface area contributed by atoms with Crippen LogP contribution in [0.15, 0.2) is 18.2 Å². The summed E-state index contributed by atoms with van der Waals surface area (Å²) in [4.78, 5) is 0. The van der Waals surface area contributed by atoms with Gasteiger partial charge in [0, 0.05) is 23.6 Å². The van der Waals surface area contributed by atoms with Gasteiger partial charge >= 0.3 is 0 Å². The van der Waals surface area contributed by atoms with Crippen LogP contribution in [-0.2, 0) is 7.05 Å². The summed E-state index contributed by atoms with van der Waals surface area (Å²) in [6, 6.07) is 6.48. The van der Waals surface area contributed by atoms with Gasteiger partial charge in [0.25, 0.3) is 0 Å². The summed E-state index contributed by atoms with van der Waals surface area (Å²) >= 11 is 0. The van der Waals surface area contributed by atoms with Gasteiger partial charge < -0.3 is 4.57 Å². The van der Waals surface area contributed by atoms with Gasteiger partial charge in [0.2, 0.25) is 0 Å². The number of nitrogens with zero attached hydrogens (tertiary/aromatic N) is 1. The van der Waals surface area contributed by atoms with Crippen LogP contribution in [0.25, 0.3) is 10.9 Å². The zero-order valence-electron chi connectivity index (χ0n) is 9.09. The maximum Gasteiger partial charge on any atom is 0.0485 e. The molecule has 2 heteroatoms. The third kappa shape index (κ3) is 1.45. The molecule has 0 spiro atoms. The molecule has 0 saturated heterocycles. The van der Waals surface area contributed by atoms with Gasteiger partial charge in [-0.05, 0) is 38.0 Å². The highest BCUT2D eigenvalue weighted by molar-refractivity contribution is 14.0. The first-order valence-corrected chi connectivity index (χ1v) is 4.64. The lowest BCUT2D eigenvalue weighted by Crippen LogP contribution is -1.89. The van der Waals surface area contributed by atoms with E-state index in [2.05, 4.69) is 50.6 Å².